The van der Waals surface area contributed by atoms with Crippen molar-refractivity contribution in [3.8, 4) is 0 Å². The first-order chi connectivity index (χ1) is 16.5. The molecule has 0 saturated carbocycles. The zero-order valence-electron chi connectivity index (χ0n) is 19.4. The average molecular weight is 461 g/mol. The summed E-state index contributed by atoms with van der Waals surface area (Å²) in [5.74, 6) is -0.555. The summed E-state index contributed by atoms with van der Waals surface area (Å²) in [6.07, 6.45) is 1.59. The number of pyridine rings is 1. The number of anilines is 1. The topological polar surface area (TPSA) is 56.8 Å². The first-order valence-corrected chi connectivity index (χ1v) is 11.9. The van der Waals surface area contributed by atoms with Crippen LogP contribution in [-0.4, -0.2) is 65.9 Å². The van der Waals surface area contributed by atoms with Gasteiger partial charge in [-0.1, -0.05) is 18.2 Å². The Hall–Kier alpha value is -3.48. The highest BCUT2D eigenvalue weighted by Crippen LogP contribution is 2.28. The lowest BCUT2D eigenvalue weighted by molar-refractivity contribution is -0.137. The molecule has 7 heteroatoms. The van der Waals surface area contributed by atoms with Gasteiger partial charge in [0.15, 0.2) is 0 Å². The van der Waals surface area contributed by atoms with Crippen LogP contribution in [0.25, 0.3) is 10.9 Å². The molecule has 1 unspecified atom stereocenters. The fourth-order valence-electron chi connectivity index (χ4n) is 5.11. The van der Waals surface area contributed by atoms with E-state index in [0.29, 0.717) is 31.7 Å². The molecule has 0 radical (unpaired) electrons. The quantitative estimate of drug-likeness (QED) is 0.595. The molecule has 2 fully saturated rings. The molecule has 1 aromatic heterocycles. The van der Waals surface area contributed by atoms with Gasteiger partial charge in [0.05, 0.1) is 11.4 Å². The molecule has 2 amide bonds. The van der Waals surface area contributed by atoms with E-state index >= 15 is 0 Å². The number of rotatable bonds is 3. The lowest BCUT2D eigenvalue weighted by Crippen LogP contribution is -2.53. The Balaban J connectivity index is 1.23. The highest BCUT2D eigenvalue weighted by molar-refractivity contribution is 5.95. The lowest BCUT2D eigenvalue weighted by atomic mass is 9.95. The number of benzene rings is 2. The molecule has 2 saturated heterocycles. The second-order valence-corrected chi connectivity index (χ2v) is 9.21. The number of para-hydroxylation sites is 1. The number of likely N-dealkylation sites (tertiary alicyclic amines) is 1. The number of fused-ring (bicyclic) bond motifs is 1. The molecule has 2 aliphatic heterocycles. The summed E-state index contributed by atoms with van der Waals surface area (Å²) < 4.78 is 13.2. The van der Waals surface area contributed by atoms with Crippen LogP contribution in [0.3, 0.4) is 0 Å². The fourth-order valence-corrected chi connectivity index (χ4v) is 5.11. The second-order valence-electron chi connectivity index (χ2n) is 9.21. The molecule has 0 spiro atoms. The Morgan fingerprint density at radius 1 is 0.941 bits per heavy atom. The van der Waals surface area contributed by atoms with Gasteiger partial charge in [0.1, 0.15) is 5.82 Å². The number of nitrogens with zero attached hydrogens (tertiary/aromatic N) is 4. The SMILES string of the molecule is Cc1cc(N2CCN(C(=O)C3CCCN(C(=O)c4ccc(F)cc4)C3)CC2)c2ccccc2n1. The van der Waals surface area contributed by atoms with Gasteiger partial charge in [0, 0.05) is 61.6 Å². The van der Waals surface area contributed by atoms with Crippen LogP contribution < -0.4 is 4.90 Å². The zero-order valence-corrected chi connectivity index (χ0v) is 19.4. The van der Waals surface area contributed by atoms with E-state index in [0.717, 1.165) is 42.5 Å². The molecule has 0 N–H and O–H groups in total. The summed E-state index contributed by atoms with van der Waals surface area (Å²) in [6, 6.07) is 15.9. The van der Waals surface area contributed by atoms with Gasteiger partial charge in [-0.2, -0.15) is 0 Å². The molecule has 0 aliphatic carbocycles. The average Bonchev–Trinajstić information content (AvgIpc) is 2.88. The van der Waals surface area contributed by atoms with Crippen LogP contribution in [0.2, 0.25) is 0 Å². The van der Waals surface area contributed by atoms with E-state index in [1.54, 1.807) is 4.90 Å². The predicted molar refractivity (Wildman–Crippen MR) is 130 cm³/mol. The Bertz CT molecular complexity index is 1200. The minimum atomic E-state index is -0.364. The number of amides is 2. The van der Waals surface area contributed by atoms with Gasteiger partial charge < -0.3 is 14.7 Å². The third kappa shape index (κ3) is 4.47. The highest BCUT2D eigenvalue weighted by Gasteiger charge is 2.33. The van der Waals surface area contributed by atoms with Crippen LogP contribution in [-0.2, 0) is 4.79 Å². The first-order valence-electron chi connectivity index (χ1n) is 11.9. The van der Waals surface area contributed by atoms with E-state index in [2.05, 4.69) is 22.0 Å². The standard InChI is InChI=1S/C27H29FN4O2/c1-19-17-25(23-6-2-3-7-24(23)29-19)30-13-15-31(16-14-30)27(34)21-5-4-12-32(18-21)26(33)20-8-10-22(28)11-9-20/h2-3,6-11,17,21H,4-5,12-16,18H2,1H3. The fraction of sp³-hybridized carbons (Fsp3) is 0.370. The zero-order chi connectivity index (χ0) is 23.7. The van der Waals surface area contributed by atoms with E-state index < -0.39 is 0 Å². The van der Waals surface area contributed by atoms with Gasteiger partial charge in [0.2, 0.25) is 5.91 Å². The van der Waals surface area contributed by atoms with Gasteiger partial charge >= 0.3 is 0 Å². The number of carbonyl (C=O) groups is 2. The molecule has 0 bridgehead atoms. The smallest absolute Gasteiger partial charge is 0.253 e. The number of piperazine rings is 1. The van der Waals surface area contributed by atoms with Gasteiger partial charge in [-0.15, -0.1) is 0 Å². The maximum absolute atomic E-state index is 13.3. The minimum Gasteiger partial charge on any atom is -0.367 e. The molecule has 1 atom stereocenters. The Kier molecular flexibility index (Phi) is 6.18. The van der Waals surface area contributed by atoms with Crippen molar-refractivity contribution >= 4 is 28.4 Å². The molecular weight excluding hydrogens is 431 g/mol. The molecule has 176 valence electrons. The molecule has 2 aromatic carbocycles. The summed E-state index contributed by atoms with van der Waals surface area (Å²) >= 11 is 0. The number of piperidine rings is 1. The number of hydrogen-bond donors (Lipinski definition) is 0. The van der Waals surface area contributed by atoms with Crippen molar-refractivity contribution < 1.29 is 14.0 Å². The van der Waals surface area contributed by atoms with Crippen molar-refractivity contribution in [2.75, 3.05) is 44.2 Å². The molecule has 3 aromatic rings. The second kappa shape index (κ2) is 9.41. The largest absolute Gasteiger partial charge is 0.367 e. The highest BCUT2D eigenvalue weighted by atomic mass is 19.1. The van der Waals surface area contributed by atoms with Gasteiger partial charge in [-0.05, 0) is 56.2 Å². The number of halogens is 1. The number of hydrogen-bond acceptors (Lipinski definition) is 4. The molecule has 3 heterocycles. The maximum Gasteiger partial charge on any atom is 0.253 e. The third-order valence-electron chi connectivity index (χ3n) is 6.90. The van der Waals surface area contributed by atoms with Crippen LogP contribution in [0.5, 0.6) is 0 Å². The number of aryl methyl sites for hydroxylation is 1. The molecule has 34 heavy (non-hydrogen) atoms. The van der Waals surface area contributed by atoms with Crippen molar-refractivity contribution in [1.82, 2.24) is 14.8 Å². The van der Waals surface area contributed by atoms with Gasteiger partial charge in [-0.25, -0.2) is 4.39 Å². The summed E-state index contributed by atoms with van der Waals surface area (Å²) in [7, 11) is 0. The molecule has 6 nitrogen and oxygen atoms in total. The number of aromatic nitrogens is 1. The summed E-state index contributed by atoms with van der Waals surface area (Å²) in [4.78, 5) is 36.8. The Morgan fingerprint density at radius 3 is 2.44 bits per heavy atom. The van der Waals surface area contributed by atoms with Crippen LogP contribution in [0.1, 0.15) is 28.9 Å². The van der Waals surface area contributed by atoms with Crippen LogP contribution in [0, 0.1) is 18.7 Å². The van der Waals surface area contributed by atoms with Gasteiger partial charge in [0.25, 0.3) is 5.91 Å². The van der Waals surface area contributed by atoms with E-state index in [1.807, 2.05) is 30.0 Å². The molecule has 5 rings (SSSR count). The monoisotopic (exact) mass is 460 g/mol. The number of carbonyl (C=O) groups excluding carboxylic acids is 2. The summed E-state index contributed by atoms with van der Waals surface area (Å²) in [6.45, 7) is 5.92. The van der Waals surface area contributed by atoms with Crippen LogP contribution in [0.4, 0.5) is 10.1 Å². The van der Waals surface area contributed by atoms with E-state index in [1.165, 1.54) is 30.0 Å². The maximum atomic E-state index is 13.3. The van der Waals surface area contributed by atoms with E-state index in [9.17, 15) is 14.0 Å². The Labute approximate surface area is 199 Å². The third-order valence-corrected chi connectivity index (χ3v) is 6.90. The summed E-state index contributed by atoms with van der Waals surface area (Å²) in [5, 5.41) is 1.13. The van der Waals surface area contributed by atoms with E-state index in [-0.39, 0.29) is 23.5 Å². The Morgan fingerprint density at radius 2 is 1.68 bits per heavy atom. The van der Waals surface area contributed by atoms with Gasteiger partial charge in [-0.3, -0.25) is 14.6 Å². The van der Waals surface area contributed by atoms with E-state index in [4.69, 9.17) is 0 Å². The summed E-state index contributed by atoms with van der Waals surface area (Å²) in [5.41, 5.74) is 3.61. The lowest BCUT2D eigenvalue weighted by Gasteiger charge is -2.40. The van der Waals surface area contributed by atoms with Crippen molar-refractivity contribution in [3.63, 3.8) is 0 Å². The van der Waals surface area contributed by atoms with Crippen molar-refractivity contribution in [3.05, 3.63) is 71.7 Å². The van der Waals surface area contributed by atoms with Crippen LogP contribution in [0.15, 0.2) is 54.6 Å². The minimum absolute atomic E-state index is 0.132. The predicted octanol–water partition coefficient (Wildman–Crippen LogP) is 3.88. The molecular formula is C27H29FN4O2. The first kappa shape index (κ1) is 22.3. The van der Waals surface area contributed by atoms with Crippen LogP contribution >= 0.6 is 0 Å². The van der Waals surface area contributed by atoms with Crippen molar-refractivity contribution in [2.45, 2.75) is 19.8 Å². The van der Waals surface area contributed by atoms with Crippen molar-refractivity contribution in [1.29, 1.82) is 0 Å². The normalized spacial score (nSPS) is 18.9. The van der Waals surface area contributed by atoms with Crippen molar-refractivity contribution in [2.24, 2.45) is 5.92 Å². The molecule has 2 aliphatic rings.